The summed E-state index contributed by atoms with van der Waals surface area (Å²) in [5.41, 5.74) is 1.57. The lowest BCUT2D eigenvalue weighted by molar-refractivity contribution is 0.0104. The number of hydrogen-bond acceptors (Lipinski definition) is 6. The molecule has 1 saturated heterocycles. The molecule has 7 nitrogen and oxygen atoms in total. The molecular weight excluding hydrogens is 282 g/mol. The minimum atomic E-state index is -0.497. The number of likely N-dealkylation sites (tertiary alicyclic amines) is 1. The highest BCUT2D eigenvalue weighted by molar-refractivity contribution is 5.70. The van der Waals surface area contributed by atoms with Crippen molar-refractivity contribution < 1.29 is 9.53 Å². The van der Waals surface area contributed by atoms with E-state index in [2.05, 4.69) is 21.6 Å². The first kappa shape index (κ1) is 16.0. The van der Waals surface area contributed by atoms with Gasteiger partial charge in [0.15, 0.2) is 5.82 Å². The van der Waals surface area contributed by atoms with Gasteiger partial charge >= 0.3 is 6.09 Å². The maximum absolute atomic E-state index is 11.9. The number of nitrogens with one attached hydrogen (secondary N) is 1. The average Bonchev–Trinajstić information content (AvgIpc) is 2.35. The molecule has 0 aromatic carbocycles. The number of aryl methyl sites for hydroxylation is 1. The standard InChI is InChI=1S/C15H21N5O2/c1-9-10(2)18-19-13(12(9)6-16)17-11-7-20(8-11)14(21)22-15(3,4)5/h11H,7-8H2,1-5H3,(H,17,19). The summed E-state index contributed by atoms with van der Waals surface area (Å²) >= 11 is 0. The zero-order chi connectivity index (χ0) is 16.5. The maximum Gasteiger partial charge on any atom is 0.410 e. The van der Waals surface area contributed by atoms with Crippen LogP contribution in [0.25, 0.3) is 0 Å². The molecule has 1 aliphatic rings. The monoisotopic (exact) mass is 303 g/mol. The van der Waals surface area contributed by atoms with E-state index in [0.717, 1.165) is 11.3 Å². The highest BCUT2D eigenvalue weighted by atomic mass is 16.6. The number of nitriles is 1. The topological polar surface area (TPSA) is 91.1 Å². The third kappa shape index (κ3) is 3.45. The third-order valence-electron chi connectivity index (χ3n) is 3.44. The van der Waals surface area contributed by atoms with Crippen LogP contribution in [0.3, 0.4) is 0 Å². The van der Waals surface area contributed by atoms with Gasteiger partial charge in [-0.05, 0) is 40.2 Å². The molecule has 2 heterocycles. The largest absolute Gasteiger partial charge is 0.444 e. The summed E-state index contributed by atoms with van der Waals surface area (Å²) < 4.78 is 5.30. The zero-order valence-corrected chi connectivity index (χ0v) is 13.6. The fourth-order valence-electron chi connectivity index (χ4n) is 2.09. The number of ether oxygens (including phenoxy) is 1. The smallest absolute Gasteiger partial charge is 0.410 e. The van der Waals surface area contributed by atoms with E-state index in [1.54, 1.807) is 4.90 Å². The number of amides is 1. The molecule has 118 valence electrons. The Morgan fingerprint density at radius 2 is 2.00 bits per heavy atom. The molecule has 0 spiro atoms. The summed E-state index contributed by atoms with van der Waals surface area (Å²) in [5.74, 6) is 0.472. The fourth-order valence-corrected chi connectivity index (χ4v) is 2.09. The highest BCUT2D eigenvalue weighted by Crippen LogP contribution is 2.21. The van der Waals surface area contributed by atoms with Gasteiger partial charge in [0.1, 0.15) is 17.2 Å². The van der Waals surface area contributed by atoms with Crippen molar-refractivity contribution in [2.45, 2.75) is 46.3 Å². The Balaban J connectivity index is 1.95. The highest BCUT2D eigenvalue weighted by Gasteiger charge is 2.34. The van der Waals surface area contributed by atoms with E-state index in [1.807, 2.05) is 34.6 Å². The van der Waals surface area contributed by atoms with E-state index in [0.29, 0.717) is 24.5 Å². The molecule has 7 heteroatoms. The van der Waals surface area contributed by atoms with Crippen LogP contribution in [-0.2, 0) is 4.74 Å². The van der Waals surface area contributed by atoms with Gasteiger partial charge in [-0.15, -0.1) is 5.10 Å². The maximum atomic E-state index is 11.9. The van der Waals surface area contributed by atoms with Gasteiger partial charge in [-0.25, -0.2) is 4.79 Å². The molecule has 1 aromatic heterocycles. The van der Waals surface area contributed by atoms with E-state index in [9.17, 15) is 10.1 Å². The Kier molecular flexibility index (Phi) is 4.22. The fraction of sp³-hybridized carbons (Fsp3) is 0.600. The second-order valence-electron chi connectivity index (χ2n) is 6.47. The second kappa shape index (κ2) is 5.79. The molecular formula is C15H21N5O2. The summed E-state index contributed by atoms with van der Waals surface area (Å²) in [6.45, 7) is 10.2. The van der Waals surface area contributed by atoms with E-state index in [4.69, 9.17) is 4.74 Å². The Labute approximate surface area is 130 Å². The van der Waals surface area contributed by atoms with Crippen LogP contribution in [0.15, 0.2) is 0 Å². The predicted molar refractivity (Wildman–Crippen MR) is 81.4 cm³/mol. The van der Waals surface area contributed by atoms with Crippen LogP contribution in [-0.4, -0.2) is 45.9 Å². The molecule has 1 amide bonds. The van der Waals surface area contributed by atoms with E-state index < -0.39 is 5.60 Å². The van der Waals surface area contributed by atoms with Crippen LogP contribution in [0.2, 0.25) is 0 Å². The van der Waals surface area contributed by atoms with Gasteiger partial charge < -0.3 is 15.0 Å². The number of carbonyl (C=O) groups excluding carboxylic acids is 1. The minimum absolute atomic E-state index is 0.0519. The van der Waals surface area contributed by atoms with Crippen LogP contribution >= 0.6 is 0 Å². The van der Waals surface area contributed by atoms with Gasteiger partial charge in [0, 0.05) is 13.1 Å². The van der Waals surface area contributed by atoms with E-state index in [-0.39, 0.29) is 12.1 Å². The van der Waals surface area contributed by atoms with Crippen molar-refractivity contribution in [3.8, 4) is 6.07 Å². The molecule has 0 unspecified atom stereocenters. The molecule has 1 aliphatic heterocycles. The minimum Gasteiger partial charge on any atom is -0.444 e. The molecule has 1 N–H and O–H groups in total. The van der Waals surface area contributed by atoms with E-state index in [1.165, 1.54) is 0 Å². The van der Waals surface area contributed by atoms with Crippen molar-refractivity contribution in [3.63, 3.8) is 0 Å². The Hall–Kier alpha value is -2.36. The number of hydrogen-bond donors (Lipinski definition) is 1. The lowest BCUT2D eigenvalue weighted by Crippen LogP contribution is -2.58. The summed E-state index contributed by atoms with van der Waals surface area (Å²) in [6, 6.07) is 2.20. The molecule has 1 fully saturated rings. The number of nitrogens with zero attached hydrogens (tertiary/aromatic N) is 4. The molecule has 0 bridgehead atoms. The Morgan fingerprint density at radius 1 is 1.36 bits per heavy atom. The lowest BCUT2D eigenvalue weighted by atomic mass is 10.1. The van der Waals surface area contributed by atoms with Gasteiger partial charge in [0.2, 0.25) is 0 Å². The van der Waals surface area contributed by atoms with Gasteiger partial charge in [-0.1, -0.05) is 0 Å². The third-order valence-corrected chi connectivity index (χ3v) is 3.44. The van der Waals surface area contributed by atoms with Crippen molar-refractivity contribution in [2.24, 2.45) is 0 Å². The number of carbonyl (C=O) groups is 1. The quantitative estimate of drug-likeness (QED) is 0.898. The van der Waals surface area contributed by atoms with Gasteiger partial charge in [-0.2, -0.15) is 10.4 Å². The predicted octanol–water partition coefficient (Wildman–Crippen LogP) is 2.00. The summed E-state index contributed by atoms with van der Waals surface area (Å²) in [4.78, 5) is 13.5. The van der Waals surface area contributed by atoms with Crippen molar-refractivity contribution in [1.82, 2.24) is 15.1 Å². The Bertz CT molecular complexity index is 624. The first-order valence-corrected chi connectivity index (χ1v) is 7.19. The first-order chi connectivity index (χ1) is 10.2. The molecule has 0 aliphatic carbocycles. The molecule has 2 rings (SSSR count). The SMILES string of the molecule is Cc1nnc(NC2CN(C(=O)OC(C)(C)C)C2)c(C#N)c1C. The second-order valence-corrected chi connectivity index (χ2v) is 6.47. The van der Waals surface area contributed by atoms with E-state index >= 15 is 0 Å². The van der Waals surface area contributed by atoms with Crippen molar-refractivity contribution >= 4 is 11.9 Å². The molecule has 0 saturated carbocycles. The zero-order valence-electron chi connectivity index (χ0n) is 13.6. The van der Waals surface area contributed by atoms with Crippen LogP contribution in [0.1, 0.15) is 37.6 Å². The molecule has 22 heavy (non-hydrogen) atoms. The van der Waals surface area contributed by atoms with Gasteiger partial charge in [-0.3, -0.25) is 0 Å². The Morgan fingerprint density at radius 3 is 2.55 bits per heavy atom. The van der Waals surface area contributed by atoms with Crippen LogP contribution in [0.4, 0.5) is 10.6 Å². The summed E-state index contributed by atoms with van der Waals surface area (Å²) in [5, 5.41) is 20.5. The van der Waals surface area contributed by atoms with Gasteiger partial charge in [0.25, 0.3) is 0 Å². The summed E-state index contributed by atoms with van der Waals surface area (Å²) in [6.07, 6.45) is -0.322. The average molecular weight is 303 g/mol. The van der Waals surface area contributed by atoms with Crippen LogP contribution in [0, 0.1) is 25.2 Å². The summed E-state index contributed by atoms with van der Waals surface area (Å²) in [7, 11) is 0. The van der Waals surface area contributed by atoms with Gasteiger partial charge in [0.05, 0.1) is 11.7 Å². The molecule has 1 aromatic rings. The first-order valence-electron chi connectivity index (χ1n) is 7.19. The van der Waals surface area contributed by atoms with Crippen LogP contribution in [0.5, 0.6) is 0 Å². The number of rotatable bonds is 2. The number of aromatic nitrogens is 2. The normalized spacial score (nSPS) is 15.0. The lowest BCUT2D eigenvalue weighted by Gasteiger charge is -2.40. The molecule has 0 atom stereocenters. The number of anilines is 1. The van der Waals surface area contributed by atoms with Crippen molar-refractivity contribution in [3.05, 3.63) is 16.8 Å². The van der Waals surface area contributed by atoms with Crippen molar-refractivity contribution in [2.75, 3.05) is 18.4 Å². The molecule has 0 radical (unpaired) electrons. The van der Waals surface area contributed by atoms with Crippen molar-refractivity contribution in [1.29, 1.82) is 5.26 Å². The van der Waals surface area contributed by atoms with Crippen LogP contribution < -0.4 is 5.32 Å².